The first kappa shape index (κ1) is 13.9. The zero-order valence-corrected chi connectivity index (χ0v) is 12.7. The van der Waals surface area contributed by atoms with E-state index in [9.17, 15) is 0 Å². The molecule has 21 heavy (non-hydrogen) atoms. The highest BCUT2D eigenvalue weighted by atomic mass is 15.2. The van der Waals surface area contributed by atoms with E-state index in [1.807, 2.05) is 13.0 Å². The lowest BCUT2D eigenvalue weighted by atomic mass is 10.2. The second-order valence-electron chi connectivity index (χ2n) is 5.63. The zero-order chi connectivity index (χ0) is 14.7. The molecule has 6 heteroatoms. The normalized spacial score (nSPS) is 15.8. The van der Waals surface area contributed by atoms with Gasteiger partial charge >= 0.3 is 0 Å². The number of aromatic amines is 1. The third-order valence-electron chi connectivity index (χ3n) is 3.92. The standard InChI is InChI=1S/C15H22N6/c1-11-9-13(20-19-11)18-14-12(2)15(17-10-16-14)21-7-5-3-4-6-8-21/h9-10H,3-8H2,1-2H3,(H2,16,17,18,19,20). The van der Waals surface area contributed by atoms with Crippen LogP contribution < -0.4 is 10.2 Å². The number of rotatable bonds is 3. The van der Waals surface area contributed by atoms with Crippen LogP contribution in [0.25, 0.3) is 0 Å². The van der Waals surface area contributed by atoms with Crippen LogP contribution in [-0.2, 0) is 0 Å². The fourth-order valence-electron chi connectivity index (χ4n) is 2.77. The Morgan fingerprint density at radius 2 is 1.86 bits per heavy atom. The monoisotopic (exact) mass is 286 g/mol. The molecule has 1 aliphatic heterocycles. The summed E-state index contributed by atoms with van der Waals surface area (Å²) in [7, 11) is 0. The average Bonchev–Trinajstić information content (AvgIpc) is 2.74. The van der Waals surface area contributed by atoms with Crippen molar-refractivity contribution in [2.45, 2.75) is 39.5 Å². The maximum atomic E-state index is 4.50. The van der Waals surface area contributed by atoms with Gasteiger partial charge in [-0.15, -0.1) is 0 Å². The summed E-state index contributed by atoms with van der Waals surface area (Å²) >= 11 is 0. The van der Waals surface area contributed by atoms with E-state index in [1.165, 1.54) is 25.7 Å². The Balaban J connectivity index is 1.83. The Labute approximate surface area is 125 Å². The van der Waals surface area contributed by atoms with E-state index in [2.05, 4.69) is 37.3 Å². The second-order valence-corrected chi connectivity index (χ2v) is 5.63. The molecular formula is C15H22N6. The largest absolute Gasteiger partial charge is 0.356 e. The number of aryl methyl sites for hydroxylation is 1. The molecule has 2 aromatic rings. The molecule has 2 N–H and O–H groups in total. The number of nitrogens with zero attached hydrogens (tertiary/aromatic N) is 4. The fraction of sp³-hybridized carbons (Fsp3) is 0.533. The number of nitrogens with one attached hydrogen (secondary N) is 2. The van der Waals surface area contributed by atoms with Gasteiger partial charge in [-0.25, -0.2) is 9.97 Å². The van der Waals surface area contributed by atoms with Gasteiger partial charge in [0.2, 0.25) is 0 Å². The summed E-state index contributed by atoms with van der Waals surface area (Å²) in [6.45, 7) is 6.22. The Bertz CT molecular complexity index is 598. The molecule has 112 valence electrons. The minimum Gasteiger partial charge on any atom is -0.356 e. The van der Waals surface area contributed by atoms with Gasteiger partial charge < -0.3 is 10.2 Å². The van der Waals surface area contributed by atoms with Gasteiger partial charge in [-0.1, -0.05) is 12.8 Å². The van der Waals surface area contributed by atoms with Crippen molar-refractivity contribution in [3.8, 4) is 0 Å². The van der Waals surface area contributed by atoms with Crippen LogP contribution >= 0.6 is 0 Å². The van der Waals surface area contributed by atoms with E-state index in [-0.39, 0.29) is 0 Å². The minimum atomic E-state index is 0.788. The van der Waals surface area contributed by atoms with Gasteiger partial charge in [0.05, 0.1) is 0 Å². The minimum absolute atomic E-state index is 0.788. The molecule has 1 aliphatic rings. The number of hydrogen-bond donors (Lipinski definition) is 2. The Morgan fingerprint density at radius 3 is 2.52 bits per heavy atom. The SMILES string of the molecule is Cc1cc(Nc2ncnc(N3CCCCCC3)c2C)n[nH]1. The van der Waals surface area contributed by atoms with Crippen LogP contribution in [0.4, 0.5) is 17.5 Å². The summed E-state index contributed by atoms with van der Waals surface area (Å²) in [5.74, 6) is 2.66. The van der Waals surface area contributed by atoms with Gasteiger partial charge in [-0.3, -0.25) is 5.10 Å². The quantitative estimate of drug-likeness (QED) is 0.908. The smallest absolute Gasteiger partial charge is 0.153 e. The van der Waals surface area contributed by atoms with Crippen molar-refractivity contribution in [2.24, 2.45) is 0 Å². The number of H-pyrrole nitrogens is 1. The molecule has 3 rings (SSSR count). The predicted molar refractivity (Wildman–Crippen MR) is 84.1 cm³/mol. The highest BCUT2D eigenvalue weighted by Crippen LogP contribution is 2.26. The average molecular weight is 286 g/mol. The molecule has 3 heterocycles. The van der Waals surface area contributed by atoms with Gasteiger partial charge in [-0.05, 0) is 26.7 Å². The maximum Gasteiger partial charge on any atom is 0.153 e. The van der Waals surface area contributed by atoms with Crippen molar-refractivity contribution in [2.75, 3.05) is 23.3 Å². The molecular weight excluding hydrogens is 264 g/mol. The van der Waals surface area contributed by atoms with Gasteiger partial charge in [-0.2, -0.15) is 5.10 Å². The molecule has 0 bridgehead atoms. The Morgan fingerprint density at radius 1 is 1.10 bits per heavy atom. The third kappa shape index (κ3) is 3.15. The molecule has 6 nitrogen and oxygen atoms in total. The summed E-state index contributed by atoms with van der Waals surface area (Å²) < 4.78 is 0. The maximum absolute atomic E-state index is 4.50. The van der Waals surface area contributed by atoms with E-state index in [0.717, 1.165) is 41.8 Å². The van der Waals surface area contributed by atoms with Crippen LogP contribution in [0.2, 0.25) is 0 Å². The summed E-state index contributed by atoms with van der Waals surface area (Å²) in [4.78, 5) is 11.2. The molecule has 1 fully saturated rings. The summed E-state index contributed by atoms with van der Waals surface area (Å²) in [6.07, 6.45) is 6.75. The van der Waals surface area contributed by atoms with Crippen LogP contribution in [0.1, 0.15) is 36.9 Å². The fourth-order valence-corrected chi connectivity index (χ4v) is 2.77. The molecule has 0 radical (unpaired) electrons. The highest BCUT2D eigenvalue weighted by molar-refractivity contribution is 5.63. The van der Waals surface area contributed by atoms with Gasteiger partial charge in [0.25, 0.3) is 0 Å². The molecule has 0 saturated carbocycles. The van der Waals surface area contributed by atoms with Crippen molar-refractivity contribution in [3.63, 3.8) is 0 Å². The van der Waals surface area contributed by atoms with Gasteiger partial charge in [0.1, 0.15) is 18.0 Å². The van der Waals surface area contributed by atoms with Gasteiger partial charge in [0.15, 0.2) is 5.82 Å². The van der Waals surface area contributed by atoms with E-state index >= 15 is 0 Å². The summed E-state index contributed by atoms with van der Waals surface area (Å²) in [5.41, 5.74) is 2.11. The van der Waals surface area contributed by atoms with Crippen molar-refractivity contribution in [3.05, 3.63) is 23.7 Å². The van der Waals surface area contributed by atoms with E-state index in [4.69, 9.17) is 0 Å². The third-order valence-corrected chi connectivity index (χ3v) is 3.92. The predicted octanol–water partition coefficient (Wildman–Crippen LogP) is 2.94. The van der Waals surface area contributed by atoms with Crippen molar-refractivity contribution < 1.29 is 0 Å². The van der Waals surface area contributed by atoms with Crippen molar-refractivity contribution in [1.29, 1.82) is 0 Å². The molecule has 0 amide bonds. The lowest BCUT2D eigenvalue weighted by molar-refractivity contribution is 0.726. The Kier molecular flexibility index (Phi) is 4.03. The first-order valence-electron chi connectivity index (χ1n) is 7.59. The van der Waals surface area contributed by atoms with Crippen LogP contribution in [-0.4, -0.2) is 33.3 Å². The highest BCUT2D eigenvalue weighted by Gasteiger charge is 2.16. The lowest BCUT2D eigenvalue weighted by Crippen LogP contribution is -2.26. The van der Waals surface area contributed by atoms with E-state index in [0.29, 0.717) is 0 Å². The molecule has 0 unspecified atom stereocenters. The number of anilines is 3. The molecule has 0 atom stereocenters. The topological polar surface area (TPSA) is 69.7 Å². The molecule has 0 spiro atoms. The molecule has 0 aromatic carbocycles. The zero-order valence-electron chi connectivity index (χ0n) is 12.7. The first-order valence-corrected chi connectivity index (χ1v) is 7.59. The number of aromatic nitrogens is 4. The second kappa shape index (κ2) is 6.11. The van der Waals surface area contributed by atoms with Crippen molar-refractivity contribution in [1.82, 2.24) is 20.2 Å². The summed E-state index contributed by atoms with van der Waals surface area (Å²) in [5, 5.41) is 10.4. The molecule has 2 aromatic heterocycles. The molecule has 0 aliphatic carbocycles. The molecule has 1 saturated heterocycles. The summed E-state index contributed by atoms with van der Waals surface area (Å²) in [6, 6.07) is 1.97. The van der Waals surface area contributed by atoms with Crippen LogP contribution in [0.5, 0.6) is 0 Å². The van der Waals surface area contributed by atoms with Crippen molar-refractivity contribution >= 4 is 17.5 Å². The number of hydrogen-bond acceptors (Lipinski definition) is 5. The lowest BCUT2D eigenvalue weighted by Gasteiger charge is -2.23. The van der Waals surface area contributed by atoms with Crippen LogP contribution in [0, 0.1) is 13.8 Å². The van der Waals surface area contributed by atoms with E-state index in [1.54, 1.807) is 6.33 Å². The van der Waals surface area contributed by atoms with E-state index < -0.39 is 0 Å². The van der Waals surface area contributed by atoms with Gasteiger partial charge in [0, 0.05) is 30.4 Å². The van der Waals surface area contributed by atoms with Crippen LogP contribution in [0.3, 0.4) is 0 Å². The Hall–Kier alpha value is -2.11. The first-order chi connectivity index (χ1) is 10.2. The van der Waals surface area contributed by atoms with Crippen LogP contribution in [0.15, 0.2) is 12.4 Å².